The van der Waals surface area contributed by atoms with Crippen molar-refractivity contribution in [2.24, 2.45) is 11.8 Å². The van der Waals surface area contributed by atoms with Crippen molar-refractivity contribution >= 4 is 34.0 Å². The molecule has 3 unspecified atom stereocenters. The maximum Gasteiger partial charge on any atom is 0.0462 e. The molecule has 2 nitrogen and oxygen atoms in total. The van der Waals surface area contributed by atoms with Crippen molar-refractivity contribution in [3.8, 4) is 11.1 Å². The second-order valence-electron chi connectivity index (χ2n) is 15.0. The molecule has 0 amide bonds. The first-order chi connectivity index (χ1) is 27.9. The quantitative estimate of drug-likeness (QED) is 0.0909. The molecule has 0 radical (unpaired) electrons. The van der Waals surface area contributed by atoms with Gasteiger partial charge in [-0.05, 0) is 119 Å². The Hall–Kier alpha value is -6.12. The van der Waals surface area contributed by atoms with E-state index in [1.165, 1.54) is 33.4 Å². The normalized spacial score (nSPS) is 15.6. The Labute approximate surface area is 342 Å². The van der Waals surface area contributed by atoms with E-state index < -0.39 is 0 Å². The SMILES string of the molecule is C=C/C=C(\C=C/N(c1ccccc1)c1ccccc1)c1ccc(-c2ccc(N(c3ccccc3)c3ccccc3)cc2)c2c1C(C)C(C)=CC2C(C)C(C)C.CC. The molecule has 0 saturated heterocycles. The van der Waals surface area contributed by atoms with Crippen LogP contribution in [0.1, 0.15) is 77.0 Å². The van der Waals surface area contributed by atoms with E-state index in [0.717, 1.165) is 34.0 Å². The van der Waals surface area contributed by atoms with Crippen LogP contribution in [-0.2, 0) is 0 Å². The molecule has 288 valence electrons. The molecule has 6 aromatic rings. The summed E-state index contributed by atoms with van der Waals surface area (Å²) in [4.78, 5) is 4.58. The summed E-state index contributed by atoms with van der Waals surface area (Å²) in [6, 6.07) is 56.3. The third-order valence-electron chi connectivity index (χ3n) is 11.3. The molecule has 1 aliphatic rings. The maximum absolute atomic E-state index is 4.17. The topological polar surface area (TPSA) is 6.48 Å². The minimum atomic E-state index is 0.257. The molecule has 0 saturated carbocycles. The first kappa shape index (κ1) is 40.5. The number of rotatable bonds is 12. The van der Waals surface area contributed by atoms with Gasteiger partial charge in [0, 0.05) is 46.5 Å². The van der Waals surface area contributed by atoms with Crippen LogP contribution in [0, 0.1) is 11.8 Å². The van der Waals surface area contributed by atoms with Gasteiger partial charge in [0.25, 0.3) is 0 Å². The standard InChI is InChI=1S/C53H52N2.C2H6/c1-7-20-42(35-36-54(44-21-12-8-13-22-44)45-23-14-9-15-24-45)49-33-34-50(53-51(40(5)38(2)3)37-39(4)41(6)52(49)53)43-29-31-48(32-30-43)55(46-25-16-10-17-26-46)47-27-18-11-19-28-47;1-2/h7-38,40-41,51H,1H2,2-6H3;1-2H3/b36-35-,42-20+;. The minimum Gasteiger partial charge on any atom is -0.317 e. The molecule has 0 N–H and O–H groups in total. The Morgan fingerprint density at radius 3 is 1.54 bits per heavy atom. The van der Waals surface area contributed by atoms with Gasteiger partial charge in [-0.2, -0.15) is 0 Å². The van der Waals surface area contributed by atoms with Crippen molar-refractivity contribution in [1.82, 2.24) is 0 Å². The van der Waals surface area contributed by atoms with Gasteiger partial charge in [-0.1, -0.05) is 169 Å². The second kappa shape index (κ2) is 19.2. The number of para-hydroxylation sites is 4. The van der Waals surface area contributed by atoms with Gasteiger partial charge < -0.3 is 9.80 Å². The average Bonchev–Trinajstić information content (AvgIpc) is 3.26. The van der Waals surface area contributed by atoms with Crippen molar-refractivity contribution in [2.45, 2.75) is 60.3 Å². The first-order valence-electron chi connectivity index (χ1n) is 20.6. The average molecular weight is 747 g/mol. The molecule has 0 aromatic heterocycles. The highest BCUT2D eigenvalue weighted by atomic mass is 15.1. The molecule has 2 heteroatoms. The fourth-order valence-corrected chi connectivity index (χ4v) is 7.94. The lowest BCUT2D eigenvalue weighted by atomic mass is 9.67. The van der Waals surface area contributed by atoms with Crippen LogP contribution >= 0.6 is 0 Å². The van der Waals surface area contributed by atoms with Crippen molar-refractivity contribution in [3.05, 3.63) is 217 Å². The number of nitrogens with zero attached hydrogens (tertiary/aromatic N) is 2. The van der Waals surface area contributed by atoms with Crippen LogP contribution in [0.2, 0.25) is 0 Å². The molecule has 0 aliphatic heterocycles. The van der Waals surface area contributed by atoms with E-state index in [0.29, 0.717) is 11.8 Å². The number of anilines is 5. The van der Waals surface area contributed by atoms with E-state index in [1.807, 2.05) is 19.9 Å². The maximum atomic E-state index is 4.17. The van der Waals surface area contributed by atoms with Gasteiger partial charge in [0.2, 0.25) is 0 Å². The van der Waals surface area contributed by atoms with E-state index >= 15 is 0 Å². The number of benzene rings is 6. The van der Waals surface area contributed by atoms with E-state index in [9.17, 15) is 0 Å². The third-order valence-corrected chi connectivity index (χ3v) is 11.3. The Kier molecular flexibility index (Phi) is 13.6. The van der Waals surface area contributed by atoms with Crippen LogP contribution in [0.5, 0.6) is 0 Å². The predicted octanol–water partition coefficient (Wildman–Crippen LogP) is 16.2. The molecule has 0 heterocycles. The fourth-order valence-electron chi connectivity index (χ4n) is 7.94. The highest BCUT2D eigenvalue weighted by Gasteiger charge is 2.33. The molecule has 0 fully saturated rings. The predicted molar refractivity (Wildman–Crippen MR) is 249 cm³/mol. The highest BCUT2D eigenvalue weighted by Crippen LogP contribution is 2.50. The number of hydrogen-bond acceptors (Lipinski definition) is 2. The Morgan fingerprint density at radius 1 is 0.596 bits per heavy atom. The Morgan fingerprint density at radius 2 is 1.07 bits per heavy atom. The molecular formula is C55H58N2. The van der Waals surface area contributed by atoms with Crippen LogP contribution < -0.4 is 9.80 Å². The van der Waals surface area contributed by atoms with E-state index in [4.69, 9.17) is 0 Å². The summed E-state index contributed by atoms with van der Waals surface area (Å²) in [5, 5.41) is 0. The summed E-state index contributed by atoms with van der Waals surface area (Å²) >= 11 is 0. The molecule has 3 atom stereocenters. The first-order valence-corrected chi connectivity index (χ1v) is 20.6. The lowest BCUT2D eigenvalue weighted by Gasteiger charge is -2.37. The summed E-state index contributed by atoms with van der Waals surface area (Å²) in [6.45, 7) is 20.0. The largest absolute Gasteiger partial charge is 0.317 e. The Balaban J connectivity index is 0.00000270. The summed E-state index contributed by atoms with van der Waals surface area (Å²) < 4.78 is 0. The lowest BCUT2D eigenvalue weighted by molar-refractivity contribution is 0.378. The van der Waals surface area contributed by atoms with E-state index in [-0.39, 0.29) is 11.8 Å². The monoisotopic (exact) mass is 746 g/mol. The van der Waals surface area contributed by atoms with Crippen LogP contribution in [0.15, 0.2) is 200 Å². The third kappa shape index (κ3) is 8.97. The zero-order chi connectivity index (χ0) is 40.3. The van der Waals surface area contributed by atoms with Gasteiger partial charge in [0.1, 0.15) is 0 Å². The zero-order valence-electron chi connectivity index (χ0n) is 34.8. The van der Waals surface area contributed by atoms with Crippen molar-refractivity contribution in [1.29, 1.82) is 0 Å². The smallest absolute Gasteiger partial charge is 0.0462 e. The summed E-state index contributed by atoms with van der Waals surface area (Å²) in [5.74, 6) is 1.51. The van der Waals surface area contributed by atoms with Crippen molar-refractivity contribution in [3.63, 3.8) is 0 Å². The van der Waals surface area contributed by atoms with Gasteiger partial charge in [-0.3, -0.25) is 0 Å². The van der Waals surface area contributed by atoms with Gasteiger partial charge in [-0.15, -0.1) is 0 Å². The van der Waals surface area contributed by atoms with Crippen LogP contribution in [0.4, 0.5) is 28.4 Å². The lowest BCUT2D eigenvalue weighted by Crippen LogP contribution is -2.22. The molecule has 7 rings (SSSR count). The molecular weight excluding hydrogens is 689 g/mol. The summed E-state index contributed by atoms with van der Waals surface area (Å²) in [6.07, 6.45) is 11.1. The van der Waals surface area contributed by atoms with Gasteiger partial charge >= 0.3 is 0 Å². The Bertz CT molecular complexity index is 2200. The van der Waals surface area contributed by atoms with Gasteiger partial charge in [0.05, 0.1) is 0 Å². The molecule has 57 heavy (non-hydrogen) atoms. The second-order valence-corrected chi connectivity index (χ2v) is 15.0. The van der Waals surface area contributed by atoms with Gasteiger partial charge in [-0.25, -0.2) is 0 Å². The van der Waals surface area contributed by atoms with Crippen LogP contribution in [0.3, 0.4) is 0 Å². The molecule has 6 aromatic carbocycles. The minimum absolute atomic E-state index is 0.257. The summed E-state index contributed by atoms with van der Waals surface area (Å²) in [7, 11) is 0. The van der Waals surface area contributed by atoms with Crippen molar-refractivity contribution < 1.29 is 0 Å². The zero-order valence-corrected chi connectivity index (χ0v) is 34.8. The molecule has 0 bridgehead atoms. The van der Waals surface area contributed by atoms with Crippen LogP contribution in [-0.4, -0.2) is 0 Å². The fraction of sp³-hybridized carbons (Fsp3) is 0.200. The highest BCUT2D eigenvalue weighted by molar-refractivity contribution is 5.85. The van der Waals surface area contributed by atoms with Crippen LogP contribution in [0.25, 0.3) is 16.7 Å². The number of allylic oxidation sites excluding steroid dienone is 6. The van der Waals surface area contributed by atoms with E-state index in [2.05, 4.69) is 233 Å². The molecule has 0 spiro atoms. The van der Waals surface area contributed by atoms with E-state index in [1.54, 1.807) is 0 Å². The molecule has 1 aliphatic carbocycles. The van der Waals surface area contributed by atoms with Gasteiger partial charge in [0.15, 0.2) is 0 Å². The number of fused-ring (bicyclic) bond motifs is 1. The number of hydrogen-bond donors (Lipinski definition) is 0. The van der Waals surface area contributed by atoms with Crippen molar-refractivity contribution in [2.75, 3.05) is 9.80 Å². The summed E-state index contributed by atoms with van der Waals surface area (Å²) in [5.41, 5.74) is 14.8.